The zero-order chi connectivity index (χ0) is 12.2. The van der Waals surface area contributed by atoms with E-state index in [1.54, 1.807) is 6.07 Å². The molecular weight excluding hydrogens is 228 g/mol. The highest BCUT2D eigenvalue weighted by atomic mass is 32.2. The number of nitrogens with one attached hydrogen (secondary N) is 1. The summed E-state index contributed by atoms with van der Waals surface area (Å²) >= 11 is 0. The minimum absolute atomic E-state index is 0.0592. The molecule has 90 valence electrons. The number of aromatic nitrogens is 1. The van der Waals surface area contributed by atoms with Crippen molar-refractivity contribution in [2.45, 2.75) is 24.3 Å². The van der Waals surface area contributed by atoms with Crippen molar-refractivity contribution in [1.29, 1.82) is 0 Å². The van der Waals surface area contributed by atoms with E-state index >= 15 is 0 Å². The second-order valence-electron chi connectivity index (χ2n) is 3.55. The lowest BCUT2D eigenvalue weighted by atomic mass is 10.2. The fourth-order valence-electron chi connectivity index (χ4n) is 1.27. The average molecular weight is 244 g/mol. The first kappa shape index (κ1) is 12.9. The Morgan fingerprint density at radius 3 is 2.75 bits per heavy atom. The molecule has 1 heterocycles. The molecule has 5 nitrogen and oxygen atoms in total. The zero-order valence-electron chi connectivity index (χ0n) is 9.34. The molecule has 1 aromatic rings. The predicted molar refractivity (Wildman–Crippen MR) is 62.1 cm³/mol. The number of rotatable bonds is 5. The Morgan fingerprint density at radius 1 is 1.56 bits per heavy atom. The van der Waals surface area contributed by atoms with Gasteiger partial charge in [0.1, 0.15) is 10.7 Å². The monoisotopic (exact) mass is 244 g/mol. The molecule has 6 heteroatoms. The molecule has 0 aliphatic carbocycles. The van der Waals surface area contributed by atoms with Gasteiger partial charge in [-0.05, 0) is 18.6 Å². The van der Waals surface area contributed by atoms with E-state index in [4.69, 9.17) is 5.11 Å². The molecule has 1 aromatic heterocycles. The van der Waals surface area contributed by atoms with E-state index < -0.39 is 9.84 Å². The van der Waals surface area contributed by atoms with Crippen LogP contribution < -0.4 is 5.32 Å². The van der Waals surface area contributed by atoms with Gasteiger partial charge in [-0.15, -0.1) is 0 Å². The number of pyridine rings is 1. The van der Waals surface area contributed by atoms with E-state index in [2.05, 4.69) is 10.3 Å². The van der Waals surface area contributed by atoms with Crippen molar-refractivity contribution in [2.24, 2.45) is 0 Å². The Hall–Kier alpha value is -1.14. The molecule has 0 saturated carbocycles. The highest BCUT2D eigenvalue weighted by Gasteiger charge is 2.15. The van der Waals surface area contributed by atoms with Gasteiger partial charge in [0.15, 0.2) is 9.84 Å². The Morgan fingerprint density at radius 2 is 2.25 bits per heavy atom. The Kier molecular flexibility index (Phi) is 4.26. The number of hydrogen-bond donors (Lipinski definition) is 2. The molecular formula is C10H16N2O3S. The molecule has 0 fully saturated rings. The predicted octanol–water partition coefficient (Wildman–Crippen LogP) is 0.668. The number of hydrogen-bond acceptors (Lipinski definition) is 5. The van der Waals surface area contributed by atoms with Gasteiger partial charge < -0.3 is 10.4 Å². The third-order valence-electron chi connectivity index (χ3n) is 2.22. The molecule has 2 N–H and O–H groups in total. The molecule has 0 saturated heterocycles. The van der Waals surface area contributed by atoms with Crippen LogP contribution in [-0.4, -0.2) is 37.4 Å². The summed E-state index contributed by atoms with van der Waals surface area (Å²) in [6.07, 6.45) is 3.34. The summed E-state index contributed by atoms with van der Waals surface area (Å²) in [5.74, 6) is 0.297. The largest absolute Gasteiger partial charge is 0.394 e. The van der Waals surface area contributed by atoms with Gasteiger partial charge in [-0.25, -0.2) is 13.4 Å². The van der Waals surface area contributed by atoms with E-state index in [1.807, 2.05) is 6.92 Å². The van der Waals surface area contributed by atoms with Gasteiger partial charge in [-0.1, -0.05) is 6.92 Å². The summed E-state index contributed by atoms with van der Waals surface area (Å²) in [6, 6.07) is 2.88. The fourth-order valence-corrected chi connectivity index (χ4v) is 2.06. The maximum atomic E-state index is 11.5. The number of aliphatic hydroxyl groups is 1. The maximum Gasteiger partial charge on any atom is 0.179 e. The summed E-state index contributed by atoms with van der Waals surface area (Å²) in [5, 5.41) is 12.0. The molecule has 1 rings (SSSR count). The summed E-state index contributed by atoms with van der Waals surface area (Å²) in [6.45, 7) is 1.84. The van der Waals surface area contributed by atoms with Crippen LogP contribution in [0.2, 0.25) is 0 Å². The molecule has 1 unspecified atom stereocenters. The van der Waals surface area contributed by atoms with Crippen LogP contribution in [0.1, 0.15) is 13.3 Å². The summed E-state index contributed by atoms with van der Waals surface area (Å²) in [7, 11) is -3.30. The van der Waals surface area contributed by atoms with Crippen molar-refractivity contribution >= 4 is 15.7 Å². The van der Waals surface area contributed by atoms with Crippen LogP contribution in [0.15, 0.2) is 23.2 Å². The van der Waals surface area contributed by atoms with Gasteiger partial charge in [-0.3, -0.25) is 0 Å². The second-order valence-corrected chi connectivity index (χ2v) is 5.54. The van der Waals surface area contributed by atoms with Crippen LogP contribution in [-0.2, 0) is 9.84 Å². The quantitative estimate of drug-likeness (QED) is 0.795. The van der Waals surface area contributed by atoms with Crippen LogP contribution in [0.5, 0.6) is 0 Å². The van der Waals surface area contributed by atoms with Crippen LogP contribution in [0.25, 0.3) is 0 Å². The lowest BCUT2D eigenvalue weighted by Crippen LogP contribution is -2.24. The summed E-state index contributed by atoms with van der Waals surface area (Å²) < 4.78 is 22.9. The van der Waals surface area contributed by atoms with Crippen molar-refractivity contribution in [3.8, 4) is 0 Å². The van der Waals surface area contributed by atoms with Crippen molar-refractivity contribution < 1.29 is 13.5 Å². The number of sulfone groups is 1. The lowest BCUT2D eigenvalue weighted by Gasteiger charge is -2.16. The topological polar surface area (TPSA) is 79.3 Å². The first-order valence-corrected chi connectivity index (χ1v) is 6.90. The highest BCUT2D eigenvalue weighted by molar-refractivity contribution is 7.90. The smallest absolute Gasteiger partial charge is 0.179 e. The Labute approximate surface area is 95.4 Å². The molecule has 0 aromatic carbocycles. The first-order chi connectivity index (χ1) is 7.49. The van der Waals surface area contributed by atoms with Crippen molar-refractivity contribution in [3.63, 3.8) is 0 Å². The molecule has 1 atom stereocenters. The van der Waals surface area contributed by atoms with E-state index in [9.17, 15) is 8.42 Å². The number of aliphatic hydroxyl groups excluding tert-OH is 1. The molecule has 16 heavy (non-hydrogen) atoms. The minimum atomic E-state index is -3.30. The van der Waals surface area contributed by atoms with E-state index in [-0.39, 0.29) is 17.5 Å². The van der Waals surface area contributed by atoms with E-state index in [0.29, 0.717) is 12.2 Å². The maximum absolute atomic E-state index is 11.5. The molecule has 0 spiro atoms. The third-order valence-corrected chi connectivity index (χ3v) is 3.35. The average Bonchev–Trinajstić information content (AvgIpc) is 2.25. The standard InChI is InChI=1S/C10H16N2O3S/c1-3-8(7-13)12-10-9(16(2,14)15)5-4-6-11-10/h4-6,8,13H,3,7H2,1-2H3,(H,11,12). The SMILES string of the molecule is CCC(CO)Nc1ncccc1S(C)(=O)=O. The van der Waals surface area contributed by atoms with Crippen LogP contribution in [0, 0.1) is 0 Å². The fraction of sp³-hybridized carbons (Fsp3) is 0.500. The van der Waals surface area contributed by atoms with Gasteiger partial charge in [0.2, 0.25) is 0 Å². The third kappa shape index (κ3) is 3.18. The van der Waals surface area contributed by atoms with Gasteiger partial charge in [0.05, 0.1) is 12.6 Å². The van der Waals surface area contributed by atoms with Crippen LogP contribution in [0.3, 0.4) is 0 Å². The summed E-state index contributed by atoms with van der Waals surface area (Å²) in [5.41, 5.74) is 0. The first-order valence-electron chi connectivity index (χ1n) is 5.01. The van der Waals surface area contributed by atoms with Crippen LogP contribution in [0.4, 0.5) is 5.82 Å². The van der Waals surface area contributed by atoms with Gasteiger partial charge in [-0.2, -0.15) is 0 Å². The van der Waals surface area contributed by atoms with Crippen LogP contribution >= 0.6 is 0 Å². The van der Waals surface area contributed by atoms with Crippen molar-refractivity contribution in [3.05, 3.63) is 18.3 Å². The van der Waals surface area contributed by atoms with Crippen molar-refractivity contribution in [2.75, 3.05) is 18.2 Å². The summed E-state index contributed by atoms with van der Waals surface area (Å²) in [4.78, 5) is 4.13. The minimum Gasteiger partial charge on any atom is -0.394 e. The van der Waals surface area contributed by atoms with Gasteiger partial charge in [0, 0.05) is 12.5 Å². The second kappa shape index (κ2) is 5.27. The number of anilines is 1. The number of nitrogens with zero attached hydrogens (tertiary/aromatic N) is 1. The van der Waals surface area contributed by atoms with Gasteiger partial charge >= 0.3 is 0 Å². The van der Waals surface area contributed by atoms with Gasteiger partial charge in [0.25, 0.3) is 0 Å². The zero-order valence-corrected chi connectivity index (χ0v) is 10.2. The van der Waals surface area contributed by atoms with Crippen molar-refractivity contribution in [1.82, 2.24) is 4.98 Å². The Bertz CT molecular complexity index is 441. The lowest BCUT2D eigenvalue weighted by molar-refractivity contribution is 0.271. The molecule has 0 bridgehead atoms. The Balaban J connectivity index is 3.05. The van der Waals surface area contributed by atoms with E-state index in [1.165, 1.54) is 12.3 Å². The molecule has 0 aliphatic heterocycles. The van der Waals surface area contributed by atoms with E-state index in [0.717, 1.165) is 6.26 Å². The normalized spacial score (nSPS) is 13.4. The highest BCUT2D eigenvalue weighted by Crippen LogP contribution is 2.18. The molecule has 0 aliphatic rings. The molecule has 0 amide bonds. The molecule has 0 radical (unpaired) electrons.